The van der Waals surface area contributed by atoms with Crippen LogP contribution in [0.2, 0.25) is 0 Å². The Balaban J connectivity index is 1.86. The van der Waals surface area contributed by atoms with E-state index in [1.165, 1.54) is 6.07 Å². The van der Waals surface area contributed by atoms with Gasteiger partial charge in [0, 0.05) is 12.2 Å². The fourth-order valence-electron chi connectivity index (χ4n) is 3.16. The highest BCUT2D eigenvalue weighted by Gasteiger charge is 2.23. The Morgan fingerprint density at radius 2 is 2.19 bits per heavy atom. The first-order valence-electron chi connectivity index (χ1n) is 8.36. The molecule has 0 fully saturated rings. The molecule has 0 saturated carbocycles. The van der Waals surface area contributed by atoms with Crippen molar-refractivity contribution in [2.75, 3.05) is 12.3 Å². The molecule has 1 aliphatic rings. The Morgan fingerprint density at radius 1 is 1.38 bits per heavy atom. The minimum atomic E-state index is -0.988. The standard InChI is InChI=1S/C18H19N5O3/c1-10(2)23-16(13(19)8-20-23)14-9-22-5-6-26-15-7-11(18(24)25)3-4-12(15)17(22)21-14/h3-4,7-10H,5-6,19H2,1-2H3,(H,24,25). The third-order valence-corrected chi connectivity index (χ3v) is 4.39. The molecule has 3 heterocycles. The lowest BCUT2D eigenvalue weighted by Gasteiger charge is -2.10. The van der Waals surface area contributed by atoms with Gasteiger partial charge < -0.3 is 20.1 Å². The van der Waals surface area contributed by atoms with Crippen molar-refractivity contribution in [3.05, 3.63) is 36.2 Å². The van der Waals surface area contributed by atoms with Crippen molar-refractivity contribution in [3.8, 4) is 28.5 Å². The first-order valence-corrected chi connectivity index (χ1v) is 8.36. The molecule has 3 aromatic rings. The molecule has 0 bridgehead atoms. The van der Waals surface area contributed by atoms with E-state index in [9.17, 15) is 9.90 Å². The summed E-state index contributed by atoms with van der Waals surface area (Å²) in [6, 6.07) is 4.98. The summed E-state index contributed by atoms with van der Waals surface area (Å²) in [5.41, 5.74) is 9.16. The van der Waals surface area contributed by atoms with Crippen LogP contribution in [0.25, 0.3) is 22.8 Å². The summed E-state index contributed by atoms with van der Waals surface area (Å²) >= 11 is 0. The average Bonchev–Trinajstić information content (AvgIpc) is 3.14. The maximum atomic E-state index is 11.2. The Bertz CT molecular complexity index is 1000. The van der Waals surface area contributed by atoms with Gasteiger partial charge in [0.25, 0.3) is 0 Å². The topological polar surface area (TPSA) is 108 Å². The molecule has 0 saturated heterocycles. The normalized spacial score (nSPS) is 13.0. The maximum absolute atomic E-state index is 11.2. The molecule has 0 atom stereocenters. The summed E-state index contributed by atoms with van der Waals surface area (Å²) in [6.07, 6.45) is 3.57. The van der Waals surface area contributed by atoms with Gasteiger partial charge in [0.15, 0.2) is 0 Å². The van der Waals surface area contributed by atoms with Crippen LogP contribution in [0, 0.1) is 0 Å². The molecule has 4 rings (SSSR count). The van der Waals surface area contributed by atoms with E-state index in [0.29, 0.717) is 24.6 Å². The molecular weight excluding hydrogens is 334 g/mol. The van der Waals surface area contributed by atoms with E-state index >= 15 is 0 Å². The van der Waals surface area contributed by atoms with Crippen LogP contribution in [0.1, 0.15) is 30.2 Å². The van der Waals surface area contributed by atoms with E-state index in [1.54, 1.807) is 18.3 Å². The fourth-order valence-corrected chi connectivity index (χ4v) is 3.16. The summed E-state index contributed by atoms with van der Waals surface area (Å²) in [6.45, 7) is 5.11. The number of fused-ring (bicyclic) bond motifs is 3. The number of benzene rings is 1. The molecule has 0 spiro atoms. The maximum Gasteiger partial charge on any atom is 0.335 e. The molecular formula is C18H19N5O3. The van der Waals surface area contributed by atoms with E-state index in [2.05, 4.69) is 5.10 Å². The van der Waals surface area contributed by atoms with Gasteiger partial charge in [0.2, 0.25) is 0 Å². The van der Waals surface area contributed by atoms with Crippen molar-refractivity contribution >= 4 is 11.7 Å². The van der Waals surface area contributed by atoms with Gasteiger partial charge in [-0.2, -0.15) is 5.10 Å². The predicted octanol–water partition coefficient (Wildman–Crippen LogP) is 2.67. The Hall–Kier alpha value is -3.29. The smallest absolute Gasteiger partial charge is 0.335 e. The third kappa shape index (κ3) is 2.50. The van der Waals surface area contributed by atoms with Gasteiger partial charge in [-0.1, -0.05) is 0 Å². The van der Waals surface area contributed by atoms with Gasteiger partial charge >= 0.3 is 5.97 Å². The zero-order valence-corrected chi connectivity index (χ0v) is 14.5. The Kier molecular flexibility index (Phi) is 3.68. The number of ether oxygens (including phenoxy) is 1. The third-order valence-electron chi connectivity index (χ3n) is 4.39. The van der Waals surface area contributed by atoms with Crippen LogP contribution in [0.15, 0.2) is 30.6 Å². The molecule has 8 nitrogen and oxygen atoms in total. The van der Waals surface area contributed by atoms with Crippen LogP contribution in [-0.2, 0) is 6.54 Å². The van der Waals surface area contributed by atoms with Crippen molar-refractivity contribution in [3.63, 3.8) is 0 Å². The number of nitrogens with zero attached hydrogens (tertiary/aromatic N) is 4. The van der Waals surface area contributed by atoms with Gasteiger partial charge in [-0.15, -0.1) is 0 Å². The lowest BCUT2D eigenvalue weighted by molar-refractivity contribution is 0.0696. The molecule has 26 heavy (non-hydrogen) atoms. The fraction of sp³-hybridized carbons (Fsp3) is 0.278. The van der Waals surface area contributed by atoms with Crippen LogP contribution < -0.4 is 10.5 Å². The van der Waals surface area contributed by atoms with Gasteiger partial charge in [-0.05, 0) is 32.0 Å². The van der Waals surface area contributed by atoms with Crippen LogP contribution >= 0.6 is 0 Å². The molecule has 2 aromatic heterocycles. The number of anilines is 1. The van der Waals surface area contributed by atoms with E-state index < -0.39 is 5.97 Å². The van der Waals surface area contributed by atoms with Crippen LogP contribution in [0.4, 0.5) is 5.69 Å². The summed E-state index contributed by atoms with van der Waals surface area (Å²) in [7, 11) is 0. The second-order valence-electron chi connectivity index (χ2n) is 6.49. The number of aromatic carboxylic acids is 1. The molecule has 0 unspecified atom stereocenters. The van der Waals surface area contributed by atoms with Crippen molar-refractivity contribution in [2.45, 2.75) is 26.4 Å². The molecule has 1 aromatic carbocycles. The first kappa shape index (κ1) is 16.2. The summed E-state index contributed by atoms with van der Waals surface area (Å²) < 4.78 is 9.58. The second-order valence-corrected chi connectivity index (χ2v) is 6.49. The first-order chi connectivity index (χ1) is 12.5. The van der Waals surface area contributed by atoms with Gasteiger partial charge in [0.1, 0.15) is 29.6 Å². The largest absolute Gasteiger partial charge is 0.491 e. The lowest BCUT2D eigenvalue weighted by Crippen LogP contribution is -2.06. The number of nitrogen functional groups attached to an aromatic ring is 1. The van der Waals surface area contributed by atoms with E-state index in [1.807, 2.05) is 29.3 Å². The number of hydrogen-bond donors (Lipinski definition) is 2. The lowest BCUT2D eigenvalue weighted by atomic mass is 10.1. The zero-order valence-electron chi connectivity index (χ0n) is 14.5. The average molecular weight is 353 g/mol. The molecule has 8 heteroatoms. The number of hydrogen-bond acceptors (Lipinski definition) is 5. The Morgan fingerprint density at radius 3 is 2.92 bits per heavy atom. The van der Waals surface area contributed by atoms with Crippen LogP contribution in [0.3, 0.4) is 0 Å². The highest BCUT2D eigenvalue weighted by molar-refractivity contribution is 5.89. The highest BCUT2D eigenvalue weighted by Crippen LogP contribution is 2.36. The zero-order chi connectivity index (χ0) is 18.4. The van der Waals surface area contributed by atoms with Crippen molar-refractivity contribution in [2.24, 2.45) is 0 Å². The molecule has 3 N–H and O–H groups in total. The minimum absolute atomic E-state index is 0.151. The van der Waals surface area contributed by atoms with Gasteiger partial charge in [0.05, 0.1) is 29.6 Å². The number of nitrogens with two attached hydrogens (primary N) is 1. The second kappa shape index (κ2) is 5.91. The summed E-state index contributed by atoms with van der Waals surface area (Å²) in [5, 5.41) is 13.5. The number of imidazole rings is 1. The van der Waals surface area contributed by atoms with E-state index in [-0.39, 0.29) is 11.6 Å². The summed E-state index contributed by atoms with van der Waals surface area (Å²) in [4.78, 5) is 16.0. The molecule has 0 amide bonds. The molecule has 0 radical (unpaired) electrons. The van der Waals surface area contributed by atoms with Crippen molar-refractivity contribution in [1.29, 1.82) is 0 Å². The Labute approximate surface area is 149 Å². The van der Waals surface area contributed by atoms with Crippen molar-refractivity contribution < 1.29 is 14.6 Å². The number of carboxylic acid groups (broad SMARTS) is 1. The predicted molar refractivity (Wildman–Crippen MR) is 96.1 cm³/mol. The van der Waals surface area contributed by atoms with Crippen molar-refractivity contribution in [1.82, 2.24) is 19.3 Å². The number of aromatic nitrogens is 4. The van der Waals surface area contributed by atoms with Crippen LogP contribution in [0.5, 0.6) is 5.75 Å². The molecule has 0 aliphatic carbocycles. The number of carbonyl (C=O) groups is 1. The van der Waals surface area contributed by atoms with E-state index in [0.717, 1.165) is 22.8 Å². The minimum Gasteiger partial charge on any atom is -0.491 e. The van der Waals surface area contributed by atoms with Gasteiger partial charge in [-0.3, -0.25) is 4.68 Å². The monoisotopic (exact) mass is 353 g/mol. The quantitative estimate of drug-likeness (QED) is 0.749. The summed E-state index contributed by atoms with van der Waals surface area (Å²) in [5.74, 6) is 0.254. The molecule has 134 valence electrons. The number of rotatable bonds is 3. The van der Waals surface area contributed by atoms with E-state index in [4.69, 9.17) is 15.5 Å². The van der Waals surface area contributed by atoms with Crippen LogP contribution in [-0.4, -0.2) is 37.0 Å². The SMILES string of the molecule is CC(C)n1ncc(N)c1-c1cn2c(n1)-c1ccc(C(=O)O)cc1OCC2. The van der Waals surface area contributed by atoms with Gasteiger partial charge in [-0.25, -0.2) is 9.78 Å². The molecule has 1 aliphatic heterocycles. The number of carboxylic acids is 1. The highest BCUT2D eigenvalue weighted by atomic mass is 16.5.